The highest BCUT2D eigenvalue weighted by molar-refractivity contribution is 7.91. The smallest absolute Gasteiger partial charge is 0.242 e. The number of thiophene rings is 1. The number of hydrogen-bond donors (Lipinski definition) is 2. The van der Waals surface area contributed by atoms with E-state index in [0.29, 0.717) is 12.8 Å². The standard InChI is InChI=1S/C11H16N2O3S2/c12-10(9-2-1-5-17-9)11(14)13-8-3-6-18(15,16)7-4-8/h1-2,5,8,10H,3-4,6-7,12H2,(H,13,14). The van der Waals surface area contributed by atoms with Gasteiger partial charge in [0.05, 0.1) is 11.5 Å². The molecule has 7 heteroatoms. The van der Waals surface area contributed by atoms with Crippen molar-refractivity contribution in [1.82, 2.24) is 5.32 Å². The first-order valence-corrected chi connectivity index (χ1v) is 8.48. The zero-order valence-corrected chi connectivity index (χ0v) is 11.5. The van der Waals surface area contributed by atoms with Gasteiger partial charge in [-0.1, -0.05) is 6.07 Å². The molecule has 18 heavy (non-hydrogen) atoms. The molecule has 1 aliphatic heterocycles. The van der Waals surface area contributed by atoms with E-state index in [0.717, 1.165) is 4.88 Å². The molecule has 3 N–H and O–H groups in total. The van der Waals surface area contributed by atoms with Crippen molar-refractivity contribution in [2.24, 2.45) is 5.73 Å². The number of sulfone groups is 1. The summed E-state index contributed by atoms with van der Waals surface area (Å²) < 4.78 is 22.5. The first kappa shape index (κ1) is 13.5. The molecule has 0 saturated carbocycles. The third-order valence-electron chi connectivity index (χ3n) is 3.03. The number of nitrogens with one attached hydrogen (secondary N) is 1. The number of carbonyl (C=O) groups excluding carboxylic acids is 1. The predicted molar refractivity (Wildman–Crippen MR) is 71.1 cm³/mol. The summed E-state index contributed by atoms with van der Waals surface area (Å²) in [5.41, 5.74) is 5.83. The maximum atomic E-state index is 11.9. The van der Waals surface area contributed by atoms with Crippen molar-refractivity contribution in [2.75, 3.05) is 11.5 Å². The fourth-order valence-corrected chi connectivity index (χ4v) is 4.14. The third-order valence-corrected chi connectivity index (χ3v) is 5.70. The van der Waals surface area contributed by atoms with Crippen molar-refractivity contribution in [3.8, 4) is 0 Å². The van der Waals surface area contributed by atoms with Gasteiger partial charge in [0.1, 0.15) is 15.9 Å². The van der Waals surface area contributed by atoms with Gasteiger partial charge in [-0.25, -0.2) is 8.42 Å². The average molecular weight is 288 g/mol. The van der Waals surface area contributed by atoms with Crippen LogP contribution in [0.5, 0.6) is 0 Å². The SMILES string of the molecule is NC(C(=O)NC1CCS(=O)(=O)CC1)c1cccs1. The van der Waals surface area contributed by atoms with E-state index in [4.69, 9.17) is 5.73 Å². The van der Waals surface area contributed by atoms with Crippen LogP contribution in [-0.4, -0.2) is 31.9 Å². The number of nitrogens with two attached hydrogens (primary N) is 1. The van der Waals surface area contributed by atoms with Crippen molar-refractivity contribution in [3.63, 3.8) is 0 Å². The lowest BCUT2D eigenvalue weighted by Crippen LogP contribution is -2.44. The molecule has 0 aliphatic carbocycles. The van der Waals surface area contributed by atoms with Gasteiger partial charge in [0.25, 0.3) is 0 Å². The normalized spacial score (nSPS) is 21.4. The average Bonchev–Trinajstić information content (AvgIpc) is 2.84. The molecule has 1 aliphatic rings. The van der Waals surface area contributed by atoms with Crippen molar-refractivity contribution >= 4 is 27.1 Å². The molecule has 1 aromatic heterocycles. The Morgan fingerprint density at radius 2 is 2.11 bits per heavy atom. The number of rotatable bonds is 3. The lowest BCUT2D eigenvalue weighted by molar-refractivity contribution is -0.123. The summed E-state index contributed by atoms with van der Waals surface area (Å²) in [6.45, 7) is 0. The van der Waals surface area contributed by atoms with E-state index in [2.05, 4.69) is 5.32 Å². The maximum absolute atomic E-state index is 11.9. The fraction of sp³-hybridized carbons (Fsp3) is 0.545. The largest absolute Gasteiger partial charge is 0.352 e. The Bertz CT molecular complexity index is 496. The van der Waals surface area contributed by atoms with Gasteiger partial charge >= 0.3 is 0 Å². The summed E-state index contributed by atoms with van der Waals surface area (Å²) in [5.74, 6) is 0.0556. The minimum Gasteiger partial charge on any atom is -0.352 e. The topological polar surface area (TPSA) is 89.3 Å². The Balaban J connectivity index is 1.89. The van der Waals surface area contributed by atoms with Crippen LogP contribution in [0.2, 0.25) is 0 Å². The Kier molecular flexibility index (Phi) is 4.04. The van der Waals surface area contributed by atoms with Gasteiger partial charge in [0.2, 0.25) is 5.91 Å². The molecular formula is C11H16N2O3S2. The monoisotopic (exact) mass is 288 g/mol. The van der Waals surface area contributed by atoms with E-state index in [1.807, 2.05) is 17.5 Å². The lowest BCUT2D eigenvalue weighted by Gasteiger charge is -2.24. The summed E-state index contributed by atoms with van der Waals surface area (Å²) in [7, 11) is -2.90. The second-order valence-electron chi connectivity index (χ2n) is 4.43. The molecule has 1 fully saturated rings. The van der Waals surface area contributed by atoms with Crippen LogP contribution in [-0.2, 0) is 14.6 Å². The van der Waals surface area contributed by atoms with E-state index in [9.17, 15) is 13.2 Å². The summed E-state index contributed by atoms with van der Waals surface area (Å²) in [5, 5.41) is 4.69. The van der Waals surface area contributed by atoms with Crippen LogP contribution >= 0.6 is 11.3 Å². The van der Waals surface area contributed by atoms with E-state index in [1.165, 1.54) is 11.3 Å². The van der Waals surface area contributed by atoms with Crippen LogP contribution < -0.4 is 11.1 Å². The summed E-state index contributed by atoms with van der Waals surface area (Å²) >= 11 is 1.44. The quantitative estimate of drug-likeness (QED) is 0.844. The molecule has 1 unspecified atom stereocenters. The van der Waals surface area contributed by atoms with Crippen LogP contribution in [0, 0.1) is 0 Å². The van der Waals surface area contributed by atoms with E-state index in [1.54, 1.807) is 0 Å². The second kappa shape index (κ2) is 5.38. The first-order valence-electron chi connectivity index (χ1n) is 5.78. The molecule has 0 radical (unpaired) electrons. The fourth-order valence-electron chi connectivity index (χ4n) is 1.92. The molecule has 1 amide bonds. The zero-order valence-electron chi connectivity index (χ0n) is 9.83. The van der Waals surface area contributed by atoms with Crippen LogP contribution in [0.3, 0.4) is 0 Å². The molecule has 1 aromatic rings. The molecular weight excluding hydrogens is 272 g/mol. The van der Waals surface area contributed by atoms with Crippen molar-refractivity contribution in [2.45, 2.75) is 24.9 Å². The van der Waals surface area contributed by atoms with Crippen LogP contribution in [0.25, 0.3) is 0 Å². The summed E-state index contributed by atoms with van der Waals surface area (Å²) in [6, 6.07) is 2.93. The Hall–Kier alpha value is -0.920. The van der Waals surface area contributed by atoms with Crippen LogP contribution in [0.1, 0.15) is 23.8 Å². The third kappa shape index (κ3) is 3.30. The minimum absolute atomic E-state index is 0.0768. The molecule has 1 saturated heterocycles. The number of hydrogen-bond acceptors (Lipinski definition) is 5. The zero-order chi connectivity index (χ0) is 13.2. The highest BCUT2D eigenvalue weighted by Gasteiger charge is 2.26. The maximum Gasteiger partial charge on any atom is 0.242 e. The van der Waals surface area contributed by atoms with Gasteiger partial charge in [-0.3, -0.25) is 4.79 Å². The number of carbonyl (C=O) groups is 1. The highest BCUT2D eigenvalue weighted by atomic mass is 32.2. The van der Waals surface area contributed by atoms with E-state index in [-0.39, 0.29) is 23.5 Å². The van der Waals surface area contributed by atoms with Gasteiger partial charge < -0.3 is 11.1 Å². The minimum atomic E-state index is -2.90. The molecule has 5 nitrogen and oxygen atoms in total. The van der Waals surface area contributed by atoms with Crippen LogP contribution in [0.15, 0.2) is 17.5 Å². The Morgan fingerprint density at radius 1 is 1.44 bits per heavy atom. The van der Waals surface area contributed by atoms with Gasteiger partial charge in [0, 0.05) is 10.9 Å². The molecule has 2 heterocycles. The van der Waals surface area contributed by atoms with Crippen molar-refractivity contribution in [1.29, 1.82) is 0 Å². The number of amides is 1. The molecule has 1 atom stereocenters. The van der Waals surface area contributed by atoms with Crippen LogP contribution in [0.4, 0.5) is 0 Å². The van der Waals surface area contributed by atoms with E-state index < -0.39 is 15.9 Å². The lowest BCUT2D eigenvalue weighted by atomic mass is 10.1. The molecule has 100 valence electrons. The van der Waals surface area contributed by atoms with Gasteiger partial charge in [-0.15, -0.1) is 11.3 Å². The van der Waals surface area contributed by atoms with Gasteiger partial charge in [0.15, 0.2) is 0 Å². The molecule has 2 rings (SSSR count). The Morgan fingerprint density at radius 3 is 2.67 bits per heavy atom. The highest BCUT2D eigenvalue weighted by Crippen LogP contribution is 2.18. The predicted octanol–water partition coefficient (Wildman–Crippen LogP) is 0.441. The van der Waals surface area contributed by atoms with Gasteiger partial charge in [-0.2, -0.15) is 0 Å². The van der Waals surface area contributed by atoms with Crippen molar-refractivity contribution < 1.29 is 13.2 Å². The second-order valence-corrected chi connectivity index (χ2v) is 7.71. The van der Waals surface area contributed by atoms with Gasteiger partial charge in [-0.05, 0) is 24.3 Å². The summed E-state index contributed by atoms with van der Waals surface area (Å²) in [4.78, 5) is 12.7. The molecule has 0 spiro atoms. The van der Waals surface area contributed by atoms with E-state index >= 15 is 0 Å². The molecule has 0 aromatic carbocycles. The molecule has 0 bridgehead atoms. The Labute approximate surface area is 110 Å². The summed E-state index contributed by atoms with van der Waals surface area (Å²) in [6.07, 6.45) is 0.955. The first-order chi connectivity index (χ1) is 8.48. The van der Waals surface area contributed by atoms with Crippen molar-refractivity contribution in [3.05, 3.63) is 22.4 Å².